The average Bonchev–Trinajstić information content (AvgIpc) is 3.37. The molecule has 0 aliphatic rings. The first kappa shape index (κ1) is 21.3. The van der Waals surface area contributed by atoms with Gasteiger partial charge in [-0.15, -0.1) is 0 Å². The Morgan fingerprint density at radius 1 is 1.09 bits per heavy atom. The van der Waals surface area contributed by atoms with E-state index < -0.39 is 4.92 Å². The number of anilines is 1. The average molecular weight is 454 g/mol. The highest BCUT2D eigenvalue weighted by Crippen LogP contribution is 2.36. The van der Waals surface area contributed by atoms with E-state index in [-0.39, 0.29) is 5.69 Å². The third-order valence-corrected chi connectivity index (χ3v) is 5.71. The van der Waals surface area contributed by atoms with Crippen LogP contribution in [-0.4, -0.2) is 24.6 Å². The van der Waals surface area contributed by atoms with Crippen LogP contribution >= 0.6 is 0 Å². The van der Waals surface area contributed by atoms with E-state index in [2.05, 4.69) is 20.4 Å². The van der Waals surface area contributed by atoms with Crippen LogP contribution in [-0.2, 0) is 13.1 Å². The fourth-order valence-electron chi connectivity index (χ4n) is 4.13. The fourth-order valence-corrected chi connectivity index (χ4v) is 4.13. The molecule has 1 N–H and O–H groups in total. The Morgan fingerprint density at radius 3 is 2.56 bits per heavy atom. The predicted molar refractivity (Wildman–Crippen MR) is 128 cm³/mol. The number of hydrogen-bond acceptors (Lipinski definition) is 7. The summed E-state index contributed by atoms with van der Waals surface area (Å²) in [5, 5.41) is 19.4. The molecule has 0 saturated heterocycles. The summed E-state index contributed by atoms with van der Waals surface area (Å²) in [6, 6.07) is 17.2. The van der Waals surface area contributed by atoms with Crippen molar-refractivity contribution >= 4 is 22.7 Å². The SMILES string of the molecule is Cc1noc(C)c1-c1cc([N+](=O)[O-])c2nc(NCc3cccnc3)n(Cc3ccccc3)c2c1. The minimum atomic E-state index is -0.394. The molecule has 0 spiro atoms. The molecule has 0 fully saturated rings. The largest absolute Gasteiger partial charge is 0.361 e. The van der Waals surface area contributed by atoms with Crippen LogP contribution < -0.4 is 5.32 Å². The molecule has 2 aromatic carbocycles. The maximum atomic E-state index is 12.1. The number of hydrogen-bond donors (Lipinski definition) is 1. The van der Waals surface area contributed by atoms with Crippen LogP contribution in [0.2, 0.25) is 0 Å². The second kappa shape index (κ2) is 8.78. The van der Waals surface area contributed by atoms with Gasteiger partial charge in [-0.25, -0.2) is 4.98 Å². The van der Waals surface area contributed by atoms with Crippen LogP contribution in [0.1, 0.15) is 22.6 Å². The van der Waals surface area contributed by atoms with Gasteiger partial charge in [0.15, 0.2) is 5.52 Å². The van der Waals surface area contributed by atoms with Gasteiger partial charge in [-0.1, -0.05) is 41.6 Å². The van der Waals surface area contributed by atoms with Crippen molar-refractivity contribution in [1.82, 2.24) is 19.7 Å². The lowest BCUT2D eigenvalue weighted by Gasteiger charge is -2.12. The number of nitrogens with one attached hydrogen (secondary N) is 1. The Kier molecular flexibility index (Phi) is 5.51. The van der Waals surface area contributed by atoms with Crippen LogP contribution in [0.3, 0.4) is 0 Å². The molecule has 0 bridgehead atoms. The summed E-state index contributed by atoms with van der Waals surface area (Å²) in [5.74, 6) is 1.15. The summed E-state index contributed by atoms with van der Waals surface area (Å²) in [4.78, 5) is 20.5. The van der Waals surface area contributed by atoms with Crippen molar-refractivity contribution in [2.45, 2.75) is 26.9 Å². The summed E-state index contributed by atoms with van der Waals surface area (Å²) < 4.78 is 7.29. The number of nitro benzene ring substituents is 1. The number of aryl methyl sites for hydroxylation is 2. The minimum Gasteiger partial charge on any atom is -0.361 e. The van der Waals surface area contributed by atoms with Gasteiger partial charge in [0, 0.05) is 30.6 Å². The van der Waals surface area contributed by atoms with Crippen molar-refractivity contribution in [2.24, 2.45) is 0 Å². The number of aromatic nitrogens is 4. The molecule has 0 saturated carbocycles. The molecule has 5 aromatic rings. The van der Waals surface area contributed by atoms with Gasteiger partial charge in [-0.3, -0.25) is 15.1 Å². The van der Waals surface area contributed by atoms with Gasteiger partial charge in [-0.05, 0) is 42.7 Å². The monoisotopic (exact) mass is 454 g/mol. The standard InChI is InChI=1S/C25H22N6O3/c1-16-23(17(2)34-29-16)20-11-21-24(22(12-20)31(32)33)28-25(27-14-19-9-6-10-26-13-19)30(21)15-18-7-4-3-5-8-18/h3-13H,14-15H2,1-2H3,(H,27,28). The minimum absolute atomic E-state index is 0.0660. The lowest BCUT2D eigenvalue weighted by Crippen LogP contribution is -2.08. The Bertz CT molecular complexity index is 1460. The van der Waals surface area contributed by atoms with Gasteiger partial charge >= 0.3 is 0 Å². The van der Waals surface area contributed by atoms with Crippen LogP contribution in [0, 0.1) is 24.0 Å². The first-order chi connectivity index (χ1) is 16.5. The second-order valence-electron chi connectivity index (χ2n) is 8.04. The molecule has 0 atom stereocenters. The van der Waals surface area contributed by atoms with Crippen molar-refractivity contribution < 1.29 is 9.45 Å². The first-order valence-electron chi connectivity index (χ1n) is 10.8. The summed E-state index contributed by atoms with van der Waals surface area (Å²) in [5.41, 5.74) is 5.04. The third kappa shape index (κ3) is 3.99. The molecule has 0 radical (unpaired) electrons. The van der Waals surface area contributed by atoms with Gasteiger partial charge in [0.05, 0.1) is 22.7 Å². The molecule has 3 aromatic heterocycles. The Morgan fingerprint density at radius 2 is 1.88 bits per heavy atom. The first-order valence-corrected chi connectivity index (χ1v) is 10.8. The lowest BCUT2D eigenvalue weighted by atomic mass is 10.0. The molecule has 9 heteroatoms. The van der Waals surface area contributed by atoms with E-state index in [1.807, 2.05) is 60.0 Å². The maximum absolute atomic E-state index is 12.1. The molecule has 34 heavy (non-hydrogen) atoms. The summed E-state index contributed by atoms with van der Waals surface area (Å²) >= 11 is 0. The summed E-state index contributed by atoms with van der Waals surface area (Å²) in [6.07, 6.45) is 3.49. The molecule has 0 unspecified atom stereocenters. The number of rotatable bonds is 7. The number of nitrogens with zero attached hydrogens (tertiary/aromatic N) is 5. The van der Waals surface area contributed by atoms with E-state index in [0.717, 1.165) is 16.7 Å². The predicted octanol–water partition coefficient (Wildman–Crippen LogP) is 5.27. The number of imidazole rings is 1. The zero-order valence-corrected chi connectivity index (χ0v) is 18.7. The fraction of sp³-hybridized carbons (Fsp3) is 0.160. The van der Waals surface area contributed by atoms with Crippen molar-refractivity contribution in [3.63, 3.8) is 0 Å². The molecule has 0 aliphatic carbocycles. The van der Waals surface area contributed by atoms with E-state index in [9.17, 15) is 10.1 Å². The zero-order chi connectivity index (χ0) is 23.7. The third-order valence-electron chi connectivity index (χ3n) is 5.71. The van der Waals surface area contributed by atoms with Crippen LogP contribution in [0.4, 0.5) is 11.6 Å². The van der Waals surface area contributed by atoms with E-state index in [0.29, 0.717) is 47.1 Å². The number of fused-ring (bicyclic) bond motifs is 1. The van der Waals surface area contributed by atoms with Gasteiger partial charge in [-0.2, -0.15) is 0 Å². The lowest BCUT2D eigenvalue weighted by molar-refractivity contribution is -0.383. The molecular weight excluding hydrogens is 432 g/mol. The van der Waals surface area contributed by atoms with Crippen LogP contribution in [0.15, 0.2) is 71.5 Å². The summed E-state index contributed by atoms with van der Waals surface area (Å²) in [6.45, 7) is 4.60. The Balaban J connectivity index is 1.69. The molecule has 9 nitrogen and oxygen atoms in total. The molecule has 3 heterocycles. The van der Waals surface area contributed by atoms with Crippen molar-refractivity contribution in [3.8, 4) is 11.1 Å². The van der Waals surface area contributed by atoms with E-state index in [1.54, 1.807) is 25.4 Å². The molecule has 0 amide bonds. The second-order valence-corrected chi connectivity index (χ2v) is 8.04. The highest BCUT2D eigenvalue weighted by molar-refractivity contribution is 5.92. The van der Waals surface area contributed by atoms with Crippen molar-refractivity contribution in [3.05, 3.63) is 99.7 Å². The van der Waals surface area contributed by atoms with Gasteiger partial charge in [0.2, 0.25) is 5.95 Å². The number of non-ortho nitro benzene ring substituents is 1. The molecular formula is C25H22N6O3. The summed E-state index contributed by atoms with van der Waals surface area (Å²) in [7, 11) is 0. The molecule has 0 aliphatic heterocycles. The van der Waals surface area contributed by atoms with E-state index >= 15 is 0 Å². The van der Waals surface area contributed by atoms with Gasteiger partial charge < -0.3 is 14.4 Å². The van der Waals surface area contributed by atoms with Gasteiger partial charge in [0.25, 0.3) is 5.69 Å². The number of pyridine rings is 1. The zero-order valence-electron chi connectivity index (χ0n) is 18.7. The Hall–Kier alpha value is -4.53. The van der Waals surface area contributed by atoms with E-state index in [4.69, 9.17) is 4.52 Å². The maximum Gasteiger partial charge on any atom is 0.297 e. The molecule has 170 valence electrons. The van der Waals surface area contributed by atoms with Crippen LogP contribution in [0.25, 0.3) is 22.2 Å². The quantitative estimate of drug-likeness (QED) is 0.263. The van der Waals surface area contributed by atoms with E-state index in [1.165, 1.54) is 0 Å². The highest BCUT2D eigenvalue weighted by Gasteiger charge is 2.24. The Labute approximate surface area is 195 Å². The topological polar surface area (TPSA) is 112 Å². The van der Waals surface area contributed by atoms with Gasteiger partial charge in [0.1, 0.15) is 5.76 Å². The van der Waals surface area contributed by atoms with Crippen LogP contribution in [0.5, 0.6) is 0 Å². The van der Waals surface area contributed by atoms with Crippen molar-refractivity contribution in [1.29, 1.82) is 0 Å². The molecule has 5 rings (SSSR count). The number of benzene rings is 2. The number of nitro groups is 1. The normalized spacial score (nSPS) is 11.1. The smallest absolute Gasteiger partial charge is 0.297 e. The highest BCUT2D eigenvalue weighted by atomic mass is 16.6. The van der Waals surface area contributed by atoms with Crippen molar-refractivity contribution in [2.75, 3.05) is 5.32 Å².